The van der Waals surface area contributed by atoms with Gasteiger partial charge in [0, 0.05) is 18.4 Å². The van der Waals surface area contributed by atoms with Crippen LogP contribution in [-0.2, 0) is 4.74 Å². The fraction of sp³-hybridized carbons (Fsp3) is 0.909. The smallest absolute Gasteiger partial charge is 0.156 e. The minimum atomic E-state index is 0.222. The van der Waals surface area contributed by atoms with Crippen molar-refractivity contribution in [3.8, 4) is 0 Å². The third kappa shape index (κ3) is 4.43. The van der Waals surface area contributed by atoms with Gasteiger partial charge in [0.1, 0.15) is 0 Å². The zero-order valence-electron chi connectivity index (χ0n) is 10.1. The number of nitrogens with one attached hydrogen (secondary N) is 1. The lowest BCUT2D eigenvalue weighted by molar-refractivity contribution is 0.0829. The van der Waals surface area contributed by atoms with Crippen molar-refractivity contribution in [1.29, 1.82) is 0 Å². The number of nitrogens with zero attached hydrogens (tertiary/aromatic N) is 1. The van der Waals surface area contributed by atoms with Crippen LogP contribution in [-0.4, -0.2) is 36.2 Å². The van der Waals surface area contributed by atoms with Gasteiger partial charge in [0.2, 0.25) is 0 Å². The summed E-state index contributed by atoms with van der Waals surface area (Å²) in [6.07, 6.45) is 0.222. The van der Waals surface area contributed by atoms with Gasteiger partial charge in [-0.15, -0.1) is 0 Å². The third-order valence-electron chi connectivity index (χ3n) is 2.63. The van der Waals surface area contributed by atoms with Crippen molar-refractivity contribution in [3.05, 3.63) is 0 Å². The number of hydrogen-bond acceptors (Lipinski definition) is 3. The van der Waals surface area contributed by atoms with E-state index in [0.717, 1.165) is 30.0 Å². The van der Waals surface area contributed by atoms with Crippen molar-refractivity contribution in [1.82, 2.24) is 5.32 Å². The maximum atomic E-state index is 5.44. The van der Waals surface area contributed by atoms with E-state index < -0.39 is 0 Å². The second-order valence-corrected chi connectivity index (χ2v) is 5.14. The molecule has 1 aliphatic rings. The van der Waals surface area contributed by atoms with E-state index in [1.165, 1.54) is 0 Å². The van der Waals surface area contributed by atoms with E-state index >= 15 is 0 Å². The van der Waals surface area contributed by atoms with E-state index in [2.05, 4.69) is 31.1 Å². The van der Waals surface area contributed by atoms with E-state index in [-0.39, 0.29) is 6.10 Å². The van der Waals surface area contributed by atoms with Crippen LogP contribution >= 0.6 is 11.8 Å². The molecule has 0 amide bonds. The largest absolute Gasteiger partial charge is 0.377 e. The highest BCUT2D eigenvalue weighted by atomic mass is 32.2. The van der Waals surface area contributed by atoms with Gasteiger partial charge >= 0.3 is 0 Å². The van der Waals surface area contributed by atoms with Gasteiger partial charge in [-0.25, -0.2) is 0 Å². The van der Waals surface area contributed by atoms with Crippen LogP contribution in [0.3, 0.4) is 0 Å². The molecule has 4 heteroatoms. The lowest BCUT2D eigenvalue weighted by atomic mass is 10.1. The second-order valence-electron chi connectivity index (χ2n) is 4.13. The number of rotatable bonds is 4. The second kappa shape index (κ2) is 6.38. The maximum Gasteiger partial charge on any atom is 0.156 e. The molecule has 1 N–H and O–H groups in total. The first-order valence-corrected chi connectivity index (χ1v) is 6.67. The topological polar surface area (TPSA) is 33.6 Å². The number of amidine groups is 1. The molecule has 0 aliphatic carbocycles. The predicted molar refractivity (Wildman–Crippen MR) is 67.6 cm³/mol. The molecule has 3 atom stereocenters. The maximum absolute atomic E-state index is 5.44. The van der Waals surface area contributed by atoms with Gasteiger partial charge in [-0.3, -0.25) is 4.99 Å². The minimum Gasteiger partial charge on any atom is -0.377 e. The molecule has 15 heavy (non-hydrogen) atoms. The van der Waals surface area contributed by atoms with Crippen LogP contribution in [0.4, 0.5) is 0 Å². The van der Waals surface area contributed by atoms with Crippen molar-refractivity contribution in [2.45, 2.75) is 39.8 Å². The monoisotopic (exact) mass is 230 g/mol. The molecule has 0 aromatic carbocycles. The summed E-state index contributed by atoms with van der Waals surface area (Å²) >= 11 is 1.82. The lowest BCUT2D eigenvalue weighted by Gasteiger charge is -2.28. The van der Waals surface area contributed by atoms with E-state index in [0.29, 0.717) is 6.04 Å². The van der Waals surface area contributed by atoms with Crippen LogP contribution in [0, 0.1) is 5.92 Å². The molecule has 1 saturated heterocycles. The Labute approximate surface area is 97.1 Å². The SMILES string of the molecule is CCOC(C)CN=C1NC(C)C(C)CS1. The van der Waals surface area contributed by atoms with Gasteiger partial charge in [0.25, 0.3) is 0 Å². The molecule has 1 fully saturated rings. The lowest BCUT2D eigenvalue weighted by Crippen LogP contribution is -2.41. The molecule has 0 aromatic rings. The summed E-state index contributed by atoms with van der Waals surface area (Å²) in [4.78, 5) is 4.53. The van der Waals surface area contributed by atoms with Gasteiger partial charge in [-0.05, 0) is 26.7 Å². The molecule has 3 nitrogen and oxygen atoms in total. The zero-order chi connectivity index (χ0) is 11.3. The standard InChI is InChI=1S/C11H22N2OS/c1-5-14-9(3)6-12-11-13-10(4)8(2)7-15-11/h8-10H,5-7H2,1-4H3,(H,12,13). The zero-order valence-corrected chi connectivity index (χ0v) is 10.9. The Bertz CT molecular complexity index is 221. The van der Waals surface area contributed by atoms with E-state index in [9.17, 15) is 0 Å². The average molecular weight is 230 g/mol. The highest BCUT2D eigenvalue weighted by Crippen LogP contribution is 2.19. The molecule has 0 bridgehead atoms. The molecule has 0 radical (unpaired) electrons. The molecule has 1 heterocycles. The summed E-state index contributed by atoms with van der Waals surface area (Å²) < 4.78 is 5.44. The van der Waals surface area contributed by atoms with Crippen LogP contribution in [0.1, 0.15) is 27.7 Å². The van der Waals surface area contributed by atoms with Gasteiger partial charge in [-0.2, -0.15) is 0 Å². The Morgan fingerprint density at radius 3 is 2.93 bits per heavy atom. The summed E-state index contributed by atoms with van der Waals surface area (Å²) in [5, 5.41) is 4.50. The van der Waals surface area contributed by atoms with E-state index in [1.54, 1.807) is 0 Å². The van der Waals surface area contributed by atoms with E-state index in [4.69, 9.17) is 4.74 Å². The summed E-state index contributed by atoms with van der Waals surface area (Å²) in [6.45, 7) is 10.1. The van der Waals surface area contributed by atoms with E-state index in [1.807, 2.05) is 18.7 Å². The molecule has 88 valence electrons. The Hall–Kier alpha value is -0.220. The van der Waals surface area contributed by atoms with Gasteiger partial charge < -0.3 is 10.1 Å². The van der Waals surface area contributed by atoms with Crippen LogP contribution in [0.2, 0.25) is 0 Å². The Balaban J connectivity index is 2.34. The summed E-state index contributed by atoms with van der Waals surface area (Å²) in [7, 11) is 0. The Kier molecular flexibility index (Phi) is 5.47. The molecular weight excluding hydrogens is 208 g/mol. The minimum absolute atomic E-state index is 0.222. The first-order valence-electron chi connectivity index (χ1n) is 5.68. The summed E-state index contributed by atoms with van der Waals surface area (Å²) in [6, 6.07) is 0.535. The van der Waals surface area contributed by atoms with Gasteiger partial charge in [0.05, 0.1) is 12.6 Å². The molecule has 0 aromatic heterocycles. The van der Waals surface area contributed by atoms with Crippen LogP contribution in [0.25, 0.3) is 0 Å². The summed E-state index contributed by atoms with van der Waals surface area (Å²) in [5.41, 5.74) is 0. The number of thioether (sulfide) groups is 1. The van der Waals surface area contributed by atoms with Crippen LogP contribution in [0.5, 0.6) is 0 Å². The molecule has 0 spiro atoms. The van der Waals surface area contributed by atoms with Gasteiger partial charge in [-0.1, -0.05) is 18.7 Å². The van der Waals surface area contributed by atoms with Crippen molar-refractivity contribution < 1.29 is 4.74 Å². The van der Waals surface area contributed by atoms with Crippen LogP contribution < -0.4 is 5.32 Å². The molecule has 3 unspecified atom stereocenters. The average Bonchev–Trinajstić information content (AvgIpc) is 2.20. The quantitative estimate of drug-likeness (QED) is 0.803. The number of aliphatic imine (C=N–C) groups is 1. The van der Waals surface area contributed by atoms with Crippen molar-refractivity contribution in [2.75, 3.05) is 18.9 Å². The predicted octanol–water partition coefficient (Wildman–Crippen LogP) is 2.13. The fourth-order valence-electron chi connectivity index (χ4n) is 1.37. The molecule has 1 rings (SSSR count). The number of hydrogen-bond donors (Lipinski definition) is 1. The Morgan fingerprint density at radius 2 is 2.33 bits per heavy atom. The first-order chi connectivity index (χ1) is 7.13. The van der Waals surface area contributed by atoms with Crippen LogP contribution in [0.15, 0.2) is 4.99 Å². The highest BCUT2D eigenvalue weighted by molar-refractivity contribution is 8.13. The molecule has 0 saturated carbocycles. The fourth-order valence-corrected chi connectivity index (χ4v) is 2.52. The Morgan fingerprint density at radius 1 is 1.60 bits per heavy atom. The third-order valence-corrected chi connectivity index (χ3v) is 3.84. The summed E-state index contributed by atoms with van der Waals surface area (Å²) in [5.74, 6) is 1.88. The number of ether oxygens (including phenoxy) is 1. The van der Waals surface area contributed by atoms with Crippen molar-refractivity contribution in [2.24, 2.45) is 10.9 Å². The first kappa shape index (κ1) is 12.8. The van der Waals surface area contributed by atoms with Crippen molar-refractivity contribution in [3.63, 3.8) is 0 Å². The van der Waals surface area contributed by atoms with Gasteiger partial charge in [0.15, 0.2) is 5.17 Å². The molecule has 1 aliphatic heterocycles. The molecular formula is C11H22N2OS. The normalized spacial score (nSPS) is 31.3. The van der Waals surface area contributed by atoms with Crippen molar-refractivity contribution >= 4 is 16.9 Å². The highest BCUT2D eigenvalue weighted by Gasteiger charge is 2.20.